The fraction of sp³-hybridized carbons (Fsp3) is 0.588. The number of morpholine rings is 1. The van der Waals surface area contributed by atoms with Crippen molar-refractivity contribution in [3.05, 3.63) is 29.3 Å². The van der Waals surface area contributed by atoms with E-state index in [1.807, 2.05) is 6.92 Å². The minimum atomic E-state index is -3.53. The SMILES string of the molecule is Cc1ccc(S(=O)(=O)N2CCCCC2)cc1C(=O)N1CCOCC1. The lowest BCUT2D eigenvalue weighted by Crippen LogP contribution is -2.41. The lowest BCUT2D eigenvalue weighted by molar-refractivity contribution is 0.0302. The highest BCUT2D eigenvalue weighted by Gasteiger charge is 2.28. The highest BCUT2D eigenvalue weighted by atomic mass is 32.2. The third-order valence-electron chi connectivity index (χ3n) is 4.69. The molecule has 0 aliphatic carbocycles. The Balaban J connectivity index is 1.89. The number of sulfonamides is 1. The molecule has 24 heavy (non-hydrogen) atoms. The summed E-state index contributed by atoms with van der Waals surface area (Å²) in [7, 11) is -3.53. The number of benzene rings is 1. The average molecular weight is 352 g/mol. The van der Waals surface area contributed by atoms with Crippen LogP contribution in [0.4, 0.5) is 0 Å². The molecular formula is C17H24N2O4S. The van der Waals surface area contributed by atoms with Gasteiger partial charge in [0, 0.05) is 31.7 Å². The molecule has 0 saturated carbocycles. The Bertz CT molecular complexity index is 705. The van der Waals surface area contributed by atoms with Gasteiger partial charge in [-0.3, -0.25) is 4.79 Å². The Morgan fingerprint density at radius 3 is 2.38 bits per heavy atom. The van der Waals surface area contributed by atoms with Gasteiger partial charge >= 0.3 is 0 Å². The smallest absolute Gasteiger partial charge is 0.254 e. The fourth-order valence-electron chi connectivity index (χ4n) is 3.18. The third kappa shape index (κ3) is 3.48. The predicted molar refractivity (Wildman–Crippen MR) is 90.5 cm³/mol. The van der Waals surface area contributed by atoms with Crippen LogP contribution in [0.1, 0.15) is 35.2 Å². The summed E-state index contributed by atoms with van der Waals surface area (Å²) in [5.74, 6) is -0.119. The molecule has 0 atom stereocenters. The molecule has 3 rings (SSSR count). The van der Waals surface area contributed by atoms with Crippen LogP contribution >= 0.6 is 0 Å². The van der Waals surface area contributed by atoms with E-state index in [9.17, 15) is 13.2 Å². The van der Waals surface area contributed by atoms with E-state index in [4.69, 9.17) is 4.74 Å². The highest BCUT2D eigenvalue weighted by molar-refractivity contribution is 7.89. The van der Waals surface area contributed by atoms with Gasteiger partial charge in [-0.15, -0.1) is 0 Å². The van der Waals surface area contributed by atoms with E-state index in [0.29, 0.717) is 45.0 Å². The van der Waals surface area contributed by atoms with E-state index < -0.39 is 10.0 Å². The van der Waals surface area contributed by atoms with Crippen LogP contribution in [0, 0.1) is 6.92 Å². The summed E-state index contributed by atoms with van der Waals surface area (Å²) < 4.78 is 32.5. The van der Waals surface area contributed by atoms with Gasteiger partial charge in [0.15, 0.2) is 0 Å². The van der Waals surface area contributed by atoms with E-state index in [1.54, 1.807) is 17.0 Å². The molecule has 1 amide bonds. The molecule has 2 aliphatic heterocycles. The number of piperidine rings is 1. The van der Waals surface area contributed by atoms with Crippen molar-refractivity contribution in [1.82, 2.24) is 9.21 Å². The first-order valence-electron chi connectivity index (χ1n) is 8.48. The molecule has 7 heteroatoms. The van der Waals surface area contributed by atoms with Crippen LogP contribution in [-0.2, 0) is 14.8 Å². The first kappa shape index (κ1) is 17.4. The topological polar surface area (TPSA) is 66.9 Å². The maximum absolute atomic E-state index is 12.8. The minimum absolute atomic E-state index is 0.119. The molecule has 2 aliphatic rings. The summed E-state index contributed by atoms with van der Waals surface area (Å²) in [6.07, 6.45) is 2.86. The molecule has 1 aromatic carbocycles. The average Bonchev–Trinajstić information content (AvgIpc) is 2.63. The Morgan fingerprint density at radius 2 is 1.71 bits per heavy atom. The first-order chi connectivity index (χ1) is 11.5. The zero-order valence-corrected chi connectivity index (χ0v) is 14.8. The molecule has 2 heterocycles. The Kier molecular flexibility index (Phi) is 5.22. The molecule has 0 N–H and O–H groups in total. The fourth-order valence-corrected chi connectivity index (χ4v) is 4.73. The van der Waals surface area contributed by atoms with Crippen molar-refractivity contribution in [2.24, 2.45) is 0 Å². The lowest BCUT2D eigenvalue weighted by atomic mass is 10.1. The Labute approximate surface area is 143 Å². The van der Waals surface area contributed by atoms with Crippen LogP contribution in [0.15, 0.2) is 23.1 Å². The van der Waals surface area contributed by atoms with E-state index in [0.717, 1.165) is 24.8 Å². The van der Waals surface area contributed by atoms with Crippen molar-refractivity contribution in [1.29, 1.82) is 0 Å². The summed E-state index contributed by atoms with van der Waals surface area (Å²) in [6.45, 7) is 5.09. The van der Waals surface area contributed by atoms with Crippen molar-refractivity contribution >= 4 is 15.9 Å². The zero-order chi connectivity index (χ0) is 17.2. The zero-order valence-electron chi connectivity index (χ0n) is 14.0. The van der Waals surface area contributed by atoms with Crippen molar-refractivity contribution in [2.75, 3.05) is 39.4 Å². The number of aryl methyl sites for hydroxylation is 1. The summed E-state index contributed by atoms with van der Waals surface area (Å²) in [6, 6.07) is 4.87. The quantitative estimate of drug-likeness (QED) is 0.829. The number of amides is 1. The van der Waals surface area contributed by atoms with Gasteiger partial charge in [-0.2, -0.15) is 4.31 Å². The number of ether oxygens (including phenoxy) is 1. The number of rotatable bonds is 3. The van der Waals surface area contributed by atoms with E-state index >= 15 is 0 Å². The molecule has 2 fully saturated rings. The van der Waals surface area contributed by atoms with Gasteiger partial charge in [0.25, 0.3) is 5.91 Å². The van der Waals surface area contributed by atoms with E-state index in [-0.39, 0.29) is 10.8 Å². The van der Waals surface area contributed by atoms with Gasteiger partial charge in [-0.05, 0) is 37.5 Å². The van der Waals surface area contributed by atoms with Gasteiger partial charge < -0.3 is 9.64 Å². The molecule has 2 saturated heterocycles. The van der Waals surface area contributed by atoms with Crippen LogP contribution in [0.25, 0.3) is 0 Å². The third-order valence-corrected chi connectivity index (χ3v) is 6.59. The maximum Gasteiger partial charge on any atom is 0.254 e. The summed E-state index contributed by atoms with van der Waals surface area (Å²) in [4.78, 5) is 14.7. The van der Waals surface area contributed by atoms with Crippen LogP contribution in [0.2, 0.25) is 0 Å². The van der Waals surface area contributed by atoms with Crippen LogP contribution in [0.5, 0.6) is 0 Å². The maximum atomic E-state index is 12.8. The lowest BCUT2D eigenvalue weighted by Gasteiger charge is -2.28. The second kappa shape index (κ2) is 7.21. The van der Waals surface area contributed by atoms with Gasteiger partial charge in [0.1, 0.15) is 0 Å². The number of hydrogen-bond donors (Lipinski definition) is 0. The van der Waals surface area contributed by atoms with E-state index in [2.05, 4.69) is 0 Å². The second-order valence-corrected chi connectivity index (χ2v) is 8.28. The second-order valence-electron chi connectivity index (χ2n) is 6.35. The van der Waals surface area contributed by atoms with E-state index in [1.165, 1.54) is 10.4 Å². The van der Waals surface area contributed by atoms with Crippen molar-refractivity contribution in [3.63, 3.8) is 0 Å². The van der Waals surface area contributed by atoms with Gasteiger partial charge in [0.2, 0.25) is 10.0 Å². The molecule has 0 spiro atoms. The van der Waals surface area contributed by atoms with Crippen molar-refractivity contribution in [3.8, 4) is 0 Å². The number of carbonyl (C=O) groups excluding carboxylic acids is 1. The highest BCUT2D eigenvalue weighted by Crippen LogP contribution is 2.23. The number of nitrogens with zero attached hydrogens (tertiary/aromatic N) is 2. The monoisotopic (exact) mass is 352 g/mol. The standard InChI is InChI=1S/C17H24N2O4S/c1-14-5-6-15(24(21,22)19-7-3-2-4-8-19)13-16(14)17(20)18-9-11-23-12-10-18/h5-6,13H,2-4,7-12H2,1H3. The molecule has 132 valence electrons. The first-order valence-corrected chi connectivity index (χ1v) is 9.92. The molecular weight excluding hydrogens is 328 g/mol. The number of carbonyl (C=O) groups is 1. The summed E-state index contributed by atoms with van der Waals surface area (Å²) >= 11 is 0. The largest absolute Gasteiger partial charge is 0.378 e. The molecule has 0 aromatic heterocycles. The number of hydrogen-bond acceptors (Lipinski definition) is 4. The van der Waals surface area contributed by atoms with Crippen molar-refractivity contribution in [2.45, 2.75) is 31.1 Å². The molecule has 0 radical (unpaired) electrons. The molecule has 1 aromatic rings. The molecule has 0 bridgehead atoms. The van der Waals surface area contributed by atoms with Crippen LogP contribution in [-0.4, -0.2) is 62.9 Å². The Hall–Kier alpha value is -1.44. The van der Waals surface area contributed by atoms with Crippen LogP contribution in [0.3, 0.4) is 0 Å². The Morgan fingerprint density at radius 1 is 1.04 bits per heavy atom. The summed E-state index contributed by atoms with van der Waals surface area (Å²) in [5.41, 5.74) is 1.26. The minimum Gasteiger partial charge on any atom is -0.378 e. The predicted octanol–water partition coefficient (Wildman–Crippen LogP) is 1.64. The van der Waals surface area contributed by atoms with Gasteiger partial charge in [0.05, 0.1) is 18.1 Å². The van der Waals surface area contributed by atoms with Crippen molar-refractivity contribution < 1.29 is 17.9 Å². The normalized spacial score (nSPS) is 20.1. The molecule has 0 unspecified atom stereocenters. The van der Waals surface area contributed by atoms with Gasteiger partial charge in [-0.1, -0.05) is 12.5 Å². The molecule has 6 nitrogen and oxygen atoms in total. The van der Waals surface area contributed by atoms with Gasteiger partial charge in [-0.25, -0.2) is 8.42 Å². The van der Waals surface area contributed by atoms with Crippen LogP contribution < -0.4 is 0 Å². The summed E-state index contributed by atoms with van der Waals surface area (Å²) in [5, 5.41) is 0.